The van der Waals surface area contributed by atoms with Crippen LogP contribution in [-0.4, -0.2) is 18.0 Å². The van der Waals surface area contributed by atoms with Crippen LogP contribution in [0.5, 0.6) is 0 Å². The van der Waals surface area contributed by atoms with E-state index in [1.807, 2.05) is 18.2 Å². The first-order chi connectivity index (χ1) is 11.6. The van der Waals surface area contributed by atoms with Crippen LogP contribution in [0, 0.1) is 5.92 Å². The highest BCUT2D eigenvalue weighted by molar-refractivity contribution is 6.04. The molecule has 0 saturated heterocycles. The van der Waals surface area contributed by atoms with Crippen LogP contribution in [0.25, 0.3) is 0 Å². The van der Waals surface area contributed by atoms with Gasteiger partial charge in [0, 0.05) is 23.0 Å². The first-order valence-electron chi connectivity index (χ1n) is 7.84. The topological polar surface area (TPSA) is 70.6 Å². The van der Waals surface area contributed by atoms with Crippen molar-refractivity contribution >= 4 is 23.7 Å². The second-order valence-corrected chi connectivity index (χ2v) is 5.78. The quantitative estimate of drug-likeness (QED) is 0.628. The lowest BCUT2D eigenvalue weighted by Crippen LogP contribution is -2.18. The average molecular weight is 323 g/mol. The molecular weight excluding hydrogens is 302 g/mol. The third kappa shape index (κ3) is 5.35. The first kappa shape index (κ1) is 17.4. The Kier molecular flexibility index (Phi) is 6.25. The summed E-state index contributed by atoms with van der Waals surface area (Å²) in [6.45, 7) is 4.16. The van der Waals surface area contributed by atoms with Gasteiger partial charge in [-0.15, -0.1) is 0 Å². The highest BCUT2D eigenvalue weighted by Gasteiger charge is 2.07. The standard InChI is InChI=1S/C19H21N3O2/c1-14(2)12-13-20-22-19(24)16-8-10-17(11-9-16)21-18(23)15-6-4-3-5-7-15/h3-11,13-14H,12H2,1-2H3,(H,21,23)(H,22,24)/b20-13+. The lowest BCUT2D eigenvalue weighted by atomic mass is 10.1. The van der Waals surface area contributed by atoms with Crippen molar-refractivity contribution < 1.29 is 9.59 Å². The molecule has 0 aliphatic rings. The lowest BCUT2D eigenvalue weighted by Gasteiger charge is -2.06. The molecule has 0 aliphatic carbocycles. The van der Waals surface area contributed by atoms with Crippen molar-refractivity contribution in [1.29, 1.82) is 0 Å². The Morgan fingerprint density at radius 2 is 1.58 bits per heavy atom. The number of nitrogens with one attached hydrogen (secondary N) is 2. The smallest absolute Gasteiger partial charge is 0.271 e. The number of nitrogens with zero attached hydrogens (tertiary/aromatic N) is 1. The van der Waals surface area contributed by atoms with E-state index in [0.29, 0.717) is 22.7 Å². The summed E-state index contributed by atoms with van der Waals surface area (Å²) < 4.78 is 0. The molecule has 5 heteroatoms. The predicted octanol–water partition coefficient (Wildman–Crippen LogP) is 3.70. The largest absolute Gasteiger partial charge is 0.322 e. The van der Waals surface area contributed by atoms with Crippen molar-refractivity contribution in [2.75, 3.05) is 5.32 Å². The fourth-order valence-electron chi connectivity index (χ4n) is 1.93. The van der Waals surface area contributed by atoms with Gasteiger partial charge in [-0.2, -0.15) is 5.10 Å². The van der Waals surface area contributed by atoms with Gasteiger partial charge in [0.25, 0.3) is 11.8 Å². The molecule has 5 nitrogen and oxygen atoms in total. The van der Waals surface area contributed by atoms with Gasteiger partial charge >= 0.3 is 0 Å². The maximum Gasteiger partial charge on any atom is 0.271 e. The van der Waals surface area contributed by atoms with Crippen molar-refractivity contribution in [2.45, 2.75) is 20.3 Å². The highest BCUT2D eigenvalue weighted by atomic mass is 16.2. The van der Waals surface area contributed by atoms with Crippen LogP contribution in [0.4, 0.5) is 5.69 Å². The maximum absolute atomic E-state index is 12.1. The predicted molar refractivity (Wildman–Crippen MR) is 96.3 cm³/mol. The van der Waals surface area contributed by atoms with Crippen LogP contribution in [0.1, 0.15) is 41.0 Å². The molecule has 0 aromatic heterocycles. The van der Waals surface area contributed by atoms with E-state index < -0.39 is 0 Å². The van der Waals surface area contributed by atoms with Gasteiger partial charge in [-0.1, -0.05) is 32.0 Å². The summed E-state index contributed by atoms with van der Waals surface area (Å²) in [5.74, 6) is 0.0280. The average Bonchev–Trinajstić information content (AvgIpc) is 2.59. The minimum absolute atomic E-state index is 0.189. The van der Waals surface area contributed by atoms with Gasteiger partial charge in [0.2, 0.25) is 0 Å². The molecule has 0 saturated carbocycles. The Morgan fingerprint density at radius 1 is 0.958 bits per heavy atom. The fraction of sp³-hybridized carbons (Fsp3) is 0.211. The van der Waals surface area contributed by atoms with E-state index in [-0.39, 0.29) is 11.8 Å². The van der Waals surface area contributed by atoms with E-state index in [2.05, 4.69) is 29.7 Å². The molecular formula is C19H21N3O2. The Bertz CT molecular complexity index is 707. The highest BCUT2D eigenvalue weighted by Crippen LogP contribution is 2.11. The van der Waals surface area contributed by atoms with E-state index in [9.17, 15) is 9.59 Å². The Morgan fingerprint density at radius 3 is 2.21 bits per heavy atom. The minimum atomic E-state index is -0.282. The van der Waals surface area contributed by atoms with Crippen LogP contribution in [0.15, 0.2) is 59.7 Å². The summed E-state index contributed by atoms with van der Waals surface area (Å²) in [7, 11) is 0. The Hall–Kier alpha value is -2.95. The van der Waals surface area contributed by atoms with Crippen molar-refractivity contribution in [3.05, 3.63) is 65.7 Å². The van der Waals surface area contributed by atoms with E-state index in [4.69, 9.17) is 0 Å². The van der Waals surface area contributed by atoms with Crippen LogP contribution < -0.4 is 10.7 Å². The van der Waals surface area contributed by atoms with Crippen molar-refractivity contribution in [1.82, 2.24) is 5.43 Å². The van der Waals surface area contributed by atoms with Gasteiger partial charge < -0.3 is 5.32 Å². The van der Waals surface area contributed by atoms with Gasteiger partial charge in [-0.25, -0.2) is 5.43 Å². The minimum Gasteiger partial charge on any atom is -0.322 e. The zero-order chi connectivity index (χ0) is 17.4. The molecule has 2 aromatic carbocycles. The number of hydrogen-bond acceptors (Lipinski definition) is 3. The third-order valence-electron chi connectivity index (χ3n) is 3.28. The van der Waals surface area contributed by atoms with Crippen LogP contribution in [-0.2, 0) is 0 Å². The molecule has 2 N–H and O–H groups in total. The van der Waals surface area contributed by atoms with Gasteiger partial charge in [0.1, 0.15) is 0 Å². The number of amides is 2. The molecule has 0 atom stereocenters. The number of carbonyl (C=O) groups is 2. The van der Waals surface area contributed by atoms with E-state index in [0.717, 1.165) is 6.42 Å². The van der Waals surface area contributed by atoms with Crippen molar-refractivity contribution in [2.24, 2.45) is 11.0 Å². The summed E-state index contributed by atoms with van der Waals surface area (Å²) in [5.41, 5.74) is 4.18. The van der Waals surface area contributed by atoms with E-state index in [1.165, 1.54) is 0 Å². The first-order valence-corrected chi connectivity index (χ1v) is 7.84. The molecule has 0 fully saturated rings. The van der Waals surface area contributed by atoms with E-state index >= 15 is 0 Å². The molecule has 0 aliphatic heterocycles. The van der Waals surface area contributed by atoms with Gasteiger partial charge in [-0.3, -0.25) is 9.59 Å². The van der Waals surface area contributed by atoms with Gasteiger partial charge in [-0.05, 0) is 48.7 Å². The Labute approximate surface area is 141 Å². The number of anilines is 1. The second kappa shape index (κ2) is 8.62. The summed E-state index contributed by atoms with van der Waals surface area (Å²) in [6, 6.07) is 15.6. The molecule has 2 aromatic rings. The summed E-state index contributed by atoms with van der Waals surface area (Å²) in [5, 5.41) is 6.69. The Balaban J connectivity index is 1.92. The molecule has 24 heavy (non-hydrogen) atoms. The van der Waals surface area contributed by atoms with Crippen molar-refractivity contribution in [3.63, 3.8) is 0 Å². The summed E-state index contributed by atoms with van der Waals surface area (Å²) in [6.07, 6.45) is 2.50. The van der Waals surface area contributed by atoms with E-state index in [1.54, 1.807) is 42.6 Å². The normalized spacial score (nSPS) is 10.8. The SMILES string of the molecule is CC(C)C/C=N/NC(=O)c1ccc(NC(=O)c2ccccc2)cc1. The number of hydrazone groups is 1. The zero-order valence-corrected chi connectivity index (χ0v) is 13.8. The molecule has 0 unspecified atom stereocenters. The molecule has 0 radical (unpaired) electrons. The van der Waals surface area contributed by atoms with Crippen LogP contribution in [0.2, 0.25) is 0 Å². The lowest BCUT2D eigenvalue weighted by molar-refractivity contribution is 0.0954. The van der Waals surface area contributed by atoms with Gasteiger partial charge in [0.05, 0.1) is 0 Å². The molecule has 0 bridgehead atoms. The van der Waals surface area contributed by atoms with Gasteiger partial charge in [0.15, 0.2) is 0 Å². The molecule has 124 valence electrons. The fourth-order valence-corrected chi connectivity index (χ4v) is 1.93. The second-order valence-electron chi connectivity index (χ2n) is 5.78. The number of hydrogen-bond donors (Lipinski definition) is 2. The molecule has 0 spiro atoms. The summed E-state index contributed by atoms with van der Waals surface area (Å²) >= 11 is 0. The molecule has 0 heterocycles. The number of carbonyl (C=O) groups excluding carboxylic acids is 2. The van der Waals surface area contributed by atoms with Crippen molar-refractivity contribution in [3.8, 4) is 0 Å². The zero-order valence-electron chi connectivity index (χ0n) is 13.8. The monoisotopic (exact) mass is 323 g/mol. The number of rotatable bonds is 6. The third-order valence-corrected chi connectivity index (χ3v) is 3.28. The summed E-state index contributed by atoms with van der Waals surface area (Å²) in [4.78, 5) is 24.0. The maximum atomic E-state index is 12.1. The number of benzene rings is 2. The van der Waals surface area contributed by atoms with Crippen LogP contribution in [0.3, 0.4) is 0 Å². The molecule has 2 amide bonds. The molecule has 2 rings (SSSR count). The van der Waals surface area contributed by atoms with Crippen LogP contribution >= 0.6 is 0 Å².